The highest BCUT2D eigenvalue weighted by Crippen LogP contribution is 2.39. The van der Waals surface area contributed by atoms with Crippen LogP contribution in [0.1, 0.15) is 44.2 Å². The molecular formula is C14H21N3O. The standard InChI is InChI=1S/C14H21N3O/c1-2-6-14(5-1)9-12(4-8-18-14)16-10-13-3-7-15-11-17-13/h3,7,11-12,16H,1-2,4-6,8-10H2. The Morgan fingerprint density at radius 1 is 1.39 bits per heavy atom. The summed E-state index contributed by atoms with van der Waals surface area (Å²) in [5, 5.41) is 3.62. The van der Waals surface area contributed by atoms with Gasteiger partial charge >= 0.3 is 0 Å². The van der Waals surface area contributed by atoms with Gasteiger partial charge in [-0.2, -0.15) is 0 Å². The van der Waals surface area contributed by atoms with E-state index in [9.17, 15) is 0 Å². The van der Waals surface area contributed by atoms with Crippen molar-refractivity contribution in [2.75, 3.05) is 6.61 Å². The Balaban J connectivity index is 1.54. The van der Waals surface area contributed by atoms with Crippen LogP contribution in [-0.4, -0.2) is 28.2 Å². The first-order valence-electron chi connectivity index (χ1n) is 6.99. The smallest absolute Gasteiger partial charge is 0.115 e. The van der Waals surface area contributed by atoms with E-state index in [1.165, 1.54) is 25.7 Å². The summed E-state index contributed by atoms with van der Waals surface area (Å²) in [7, 11) is 0. The molecule has 4 nitrogen and oxygen atoms in total. The molecule has 98 valence electrons. The van der Waals surface area contributed by atoms with E-state index < -0.39 is 0 Å². The number of aromatic nitrogens is 2. The van der Waals surface area contributed by atoms with Crippen LogP contribution >= 0.6 is 0 Å². The van der Waals surface area contributed by atoms with Gasteiger partial charge in [-0.25, -0.2) is 9.97 Å². The molecule has 4 heteroatoms. The molecule has 18 heavy (non-hydrogen) atoms. The first kappa shape index (κ1) is 12.1. The summed E-state index contributed by atoms with van der Waals surface area (Å²) in [4.78, 5) is 8.19. The first-order valence-corrected chi connectivity index (χ1v) is 6.99. The summed E-state index contributed by atoms with van der Waals surface area (Å²) >= 11 is 0. The van der Waals surface area contributed by atoms with Crippen LogP contribution in [0.2, 0.25) is 0 Å². The second-order valence-corrected chi connectivity index (χ2v) is 5.51. The lowest BCUT2D eigenvalue weighted by molar-refractivity contribution is -0.0838. The van der Waals surface area contributed by atoms with Crippen LogP contribution in [-0.2, 0) is 11.3 Å². The zero-order chi connectivity index (χ0) is 12.3. The Labute approximate surface area is 108 Å². The number of rotatable bonds is 3. The van der Waals surface area contributed by atoms with Crippen molar-refractivity contribution in [3.05, 3.63) is 24.3 Å². The minimum atomic E-state index is 0.196. The highest BCUT2D eigenvalue weighted by Gasteiger charge is 2.39. The van der Waals surface area contributed by atoms with E-state index in [0.29, 0.717) is 6.04 Å². The highest BCUT2D eigenvalue weighted by molar-refractivity contribution is 4.99. The SMILES string of the molecule is c1cc(CNC2CCOC3(CCCC3)C2)ncn1. The molecule has 0 radical (unpaired) electrons. The molecule has 0 aromatic carbocycles. The van der Waals surface area contributed by atoms with Gasteiger partial charge in [0, 0.05) is 25.4 Å². The average Bonchev–Trinajstić information content (AvgIpc) is 2.86. The molecule has 1 aromatic rings. The maximum Gasteiger partial charge on any atom is 0.115 e. The van der Waals surface area contributed by atoms with Gasteiger partial charge < -0.3 is 10.1 Å². The predicted molar refractivity (Wildman–Crippen MR) is 69.0 cm³/mol. The molecule has 1 spiro atoms. The van der Waals surface area contributed by atoms with Crippen LogP contribution in [0.25, 0.3) is 0 Å². The van der Waals surface area contributed by atoms with Crippen molar-refractivity contribution in [2.24, 2.45) is 0 Å². The van der Waals surface area contributed by atoms with Crippen molar-refractivity contribution in [3.63, 3.8) is 0 Å². The van der Waals surface area contributed by atoms with E-state index in [0.717, 1.165) is 31.7 Å². The van der Waals surface area contributed by atoms with Crippen LogP contribution in [0, 0.1) is 0 Å². The van der Waals surface area contributed by atoms with Crippen molar-refractivity contribution in [3.8, 4) is 0 Å². The minimum absolute atomic E-state index is 0.196. The summed E-state index contributed by atoms with van der Waals surface area (Å²) in [6.45, 7) is 1.74. The molecule has 3 rings (SSSR count). The summed E-state index contributed by atoms with van der Waals surface area (Å²) < 4.78 is 6.04. The van der Waals surface area contributed by atoms with E-state index in [4.69, 9.17) is 4.74 Å². The van der Waals surface area contributed by atoms with Gasteiger partial charge in [-0.05, 0) is 31.7 Å². The molecule has 2 aliphatic rings. The fourth-order valence-corrected chi connectivity index (χ4v) is 3.24. The molecule has 1 aliphatic heterocycles. The fourth-order valence-electron chi connectivity index (χ4n) is 3.24. The number of nitrogens with one attached hydrogen (secondary N) is 1. The van der Waals surface area contributed by atoms with Gasteiger partial charge in [-0.1, -0.05) is 12.8 Å². The third-order valence-corrected chi connectivity index (χ3v) is 4.22. The van der Waals surface area contributed by atoms with E-state index in [2.05, 4.69) is 15.3 Å². The number of hydrogen-bond acceptors (Lipinski definition) is 4. The van der Waals surface area contributed by atoms with Crippen molar-refractivity contribution >= 4 is 0 Å². The molecule has 1 N–H and O–H groups in total. The Morgan fingerprint density at radius 3 is 3.06 bits per heavy atom. The quantitative estimate of drug-likeness (QED) is 0.888. The second kappa shape index (κ2) is 5.33. The van der Waals surface area contributed by atoms with Crippen molar-refractivity contribution in [1.29, 1.82) is 0 Å². The molecule has 0 bridgehead atoms. The van der Waals surface area contributed by atoms with Gasteiger partial charge in [0.2, 0.25) is 0 Å². The first-order chi connectivity index (χ1) is 8.86. The van der Waals surface area contributed by atoms with Crippen LogP contribution in [0.15, 0.2) is 18.6 Å². The van der Waals surface area contributed by atoms with E-state index in [-0.39, 0.29) is 5.60 Å². The van der Waals surface area contributed by atoms with Crippen LogP contribution < -0.4 is 5.32 Å². The Hall–Kier alpha value is -1.00. The summed E-state index contributed by atoms with van der Waals surface area (Å²) in [5.41, 5.74) is 1.26. The molecule has 0 amide bonds. The zero-order valence-corrected chi connectivity index (χ0v) is 10.8. The Bertz CT molecular complexity index is 376. The molecule has 1 aromatic heterocycles. The Kier molecular flexibility index (Phi) is 3.57. The summed E-state index contributed by atoms with van der Waals surface area (Å²) in [6.07, 6.45) is 10.9. The minimum Gasteiger partial charge on any atom is -0.375 e. The van der Waals surface area contributed by atoms with Gasteiger partial charge in [-0.15, -0.1) is 0 Å². The molecule has 2 heterocycles. The van der Waals surface area contributed by atoms with Gasteiger partial charge in [-0.3, -0.25) is 0 Å². The third kappa shape index (κ3) is 2.70. The lowest BCUT2D eigenvalue weighted by Gasteiger charge is -2.38. The van der Waals surface area contributed by atoms with E-state index in [1.54, 1.807) is 12.5 Å². The van der Waals surface area contributed by atoms with E-state index in [1.807, 2.05) is 6.07 Å². The molecule has 1 atom stereocenters. The zero-order valence-electron chi connectivity index (χ0n) is 10.8. The van der Waals surface area contributed by atoms with Crippen LogP contribution in [0.3, 0.4) is 0 Å². The number of nitrogens with zero attached hydrogens (tertiary/aromatic N) is 2. The van der Waals surface area contributed by atoms with Crippen LogP contribution in [0.5, 0.6) is 0 Å². The monoisotopic (exact) mass is 247 g/mol. The van der Waals surface area contributed by atoms with Gasteiger partial charge in [0.05, 0.1) is 11.3 Å². The molecular weight excluding hydrogens is 226 g/mol. The third-order valence-electron chi connectivity index (χ3n) is 4.22. The normalized spacial score (nSPS) is 26.6. The lowest BCUT2D eigenvalue weighted by atomic mass is 9.89. The molecule has 1 saturated carbocycles. The summed E-state index contributed by atoms with van der Waals surface area (Å²) in [5.74, 6) is 0. The van der Waals surface area contributed by atoms with E-state index >= 15 is 0 Å². The maximum absolute atomic E-state index is 6.04. The number of hydrogen-bond donors (Lipinski definition) is 1. The van der Waals surface area contributed by atoms with Gasteiger partial charge in [0.25, 0.3) is 0 Å². The lowest BCUT2D eigenvalue weighted by Crippen LogP contribution is -2.45. The van der Waals surface area contributed by atoms with Gasteiger partial charge in [0.1, 0.15) is 6.33 Å². The predicted octanol–water partition coefficient (Wildman–Crippen LogP) is 2.06. The molecule has 1 saturated heterocycles. The maximum atomic E-state index is 6.04. The topological polar surface area (TPSA) is 47.0 Å². The molecule has 1 unspecified atom stereocenters. The molecule has 1 aliphatic carbocycles. The van der Waals surface area contributed by atoms with Crippen molar-refractivity contribution < 1.29 is 4.74 Å². The second-order valence-electron chi connectivity index (χ2n) is 5.51. The van der Waals surface area contributed by atoms with Crippen LogP contribution in [0.4, 0.5) is 0 Å². The van der Waals surface area contributed by atoms with Crippen molar-refractivity contribution in [1.82, 2.24) is 15.3 Å². The Morgan fingerprint density at radius 2 is 2.28 bits per heavy atom. The highest BCUT2D eigenvalue weighted by atomic mass is 16.5. The number of ether oxygens (including phenoxy) is 1. The fraction of sp³-hybridized carbons (Fsp3) is 0.714. The van der Waals surface area contributed by atoms with Gasteiger partial charge in [0.15, 0.2) is 0 Å². The van der Waals surface area contributed by atoms with Crippen molar-refractivity contribution in [2.45, 2.75) is 56.7 Å². The molecule has 2 fully saturated rings. The summed E-state index contributed by atoms with van der Waals surface area (Å²) in [6, 6.07) is 2.55. The largest absolute Gasteiger partial charge is 0.375 e. The average molecular weight is 247 g/mol.